The van der Waals surface area contributed by atoms with E-state index in [2.05, 4.69) is 20.8 Å². The minimum Gasteiger partial charge on any atom is -0.710 e. The molecular weight excluding hydrogens is 300 g/mol. The number of rotatable bonds is 1. The van der Waals surface area contributed by atoms with E-state index in [0.717, 1.165) is 33.7 Å². The van der Waals surface area contributed by atoms with Gasteiger partial charge in [0.15, 0.2) is 11.4 Å². The zero-order chi connectivity index (χ0) is 15.9. The summed E-state index contributed by atoms with van der Waals surface area (Å²) < 4.78 is 2.04. The highest BCUT2D eigenvalue weighted by Gasteiger charge is 2.66. The Balaban J connectivity index is 1.98. The van der Waals surface area contributed by atoms with Crippen LogP contribution in [0.5, 0.6) is 0 Å². The van der Waals surface area contributed by atoms with Gasteiger partial charge in [0.2, 0.25) is 0 Å². The van der Waals surface area contributed by atoms with E-state index in [4.69, 9.17) is 11.6 Å². The minimum absolute atomic E-state index is 0.00711. The minimum atomic E-state index is -0.168. The zero-order valence-corrected chi connectivity index (χ0v) is 13.7. The molecule has 0 unspecified atom stereocenters. The molecule has 2 aliphatic rings. The largest absolute Gasteiger partial charge is 0.710 e. The van der Waals surface area contributed by atoms with Gasteiger partial charge in [0.25, 0.3) is 0 Å². The summed E-state index contributed by atoms with van der Waals surface area (Å²) in [5.41, 5.74) is 2.03. The maximum Gasteiger partial charge on any atom is 0.331 e. The molecule has 0 radical (unpaired) electrons. The molecule has 0 aliphatic heterocycles. The van der Waals surface area contributed by atoms with Crippen molar-refractivity contribution in [1.82, 2.24) is 4.73 Å². The molecule has 2 aromatic rings. The third kappa shape index (κ3) is 1.37. The van der Waals surface area contributed by atoms with Crippen LogP contribution in [-0.2, 0) is 5.41 Å². The van der Waals surface area contributed by atoms with Crippen LogP contribution in [0.4, 0.5) is 0 Å². The first-order valence-corrected chi connectivity index (χ1v) is 8.00. The van der Waals surface area contributed by atoms with E-state index in [1.165, 1.54) is 0 Å². The average Bonchev–Trinajstić information content (AvgIpc) is 2.92. The van der Waals surface area contributed by atoms with E-state index in [0.29, 0.717) is 10.6 Å². The van der Waals surface area contributed by atoms with E-state index in [1.807, 2.05) is 0 Å². The van der Waals surface area contributed by atoms with Crippen molar-refractivity contribution in [2.75, 3.05) is 0 Å². The molecule has 116 valence electrons. The van der Waals surface area contributed by atoms with Crippen molar-refractivity contribution in [2.45, 2.75) is 44.9 Å². The average molecular weight is 319 g/mol. The molecule has 0 spiro atoms. The van der Waals surface area contributed by atoms with E-state index in [1.54, 1.807) is 24.3 Å². The van der Waals surface area contributed by atoms with Crippen LogP contribution in [0.2, 0.25) is 5.02 Å². The summed E-state index contributed by atoms with van der Waals surface area (Å²) in [4.78, 5) is 0. The summed E-state index contributed by atoms with van der Waals surface area (Å²) in [6, 6.07) is 7.00. The molecule has 1 aromatic heterocycles. The molecule has 22 heavy (non-hydrogen) atoms. The summed E-state index contributed by atoms with van der Waals surface area (Å²) >= 11 is 5.92. The Morgan fingerprint density at radius 3 is 2.50 bits per heavy atom. The van der Waals surface area contributed by atoms with Gasteiger partial charge in [-0.3, -0.25) is 0 Å². The maximum absolute atomic E-state index is 12.9. The second-order valence-corrected chi connectivity index (χ2v) is 7.75. The van der Waals surface area contributed by atoms with Crippen molar-refractivity contribution >= 4 is 11.6 Å². The molecule has 0 amide bonds. The number of fused-ring (bicyclic) bond motifs is 5. The van der Waals surface area contributed by atoms with Gasteiger partial charge in [-0.1, -0.05) is 32.4 Å². The van der Waals surface area contributed by atoms with E-state index >= 15 is 0 Å². The van der Waals surface area contributed by atoms with Crippen molar-refractivity contribution in [3.63, 3.8) is 0 Å². The summed E-state index contributed by atoms with van der Waals surface area (Å²) in [6.45, 7) is 6.57. The molecule has 1 N–H and O–H groups in total. The van der Waals surface area contributed by atoms with Gasteiger partial charge in [-0.15, -0.1) is 0 Å². The zero-order valence-electron chi connectivity index (χ0n) is 12.9. The topological polar surface area (TPSA) is 52.1 Å². The normalized spacial score (nSPS) is 28.1. The second-order valence-electron chi connectivity index (χ2n) is 7.32. The molecule has 2 aliphatic carbocycles. The molecule has 4 rings (SSSR count). The number of nitrogens with zero attached hydrogens (tertiary/aromatic N) is 2. The molecule has 1 fully saturated rings. The Bertz CT molecular complexity index is 779. The summed E-state index contributed by atoms with van der Waals surface area (Å²) in [6.07, 6.45) is 2.01. The predicted octanol–water partition coefficient (Wildman–Crippen LogP) is 3.85. The number of halogens is 1. The highest BCUT2D eigenvalue weighted by Crippen LogP contribution is 2.67. The van der Waals surface area contributed by atoms with Gasteiger partial charge < -0.3 is 10.4 Å². The third-order valence-electron chi connectivity index (χ3n) is 6.25. The summed E-state index contributed by atoms with van der Waals surface area (Å²) in [5, 5.41) is 24.2. The smallest absolute Gasteiger partial charge is 0.331 e. The second kappa shape index (κ2) is 3.99. The van der Waals surface area contributed by atoms with Crippen LogP contribution >= 0.6 is 11.6 Å². The molecule has 4 nitrogen and oxygen atoms in total. The van der Waals surface area contributed by atoms with E-state index in [9.17, 15) is 10.4 Å². The number of benzene rings is 1. The molecule has 2 bridgehead atoms. The van der Waals surface area contributed by atoms with Crippen LogP contribution < -0.4 is 4.73 Å². The fraction of sp³-hybridized carbons (Fsp3) is 0.471. The lowest BCUT2D eigenvalue weighted by Crippen LogP contribution is -2.36. The highest BCUT2D eigenvalue weighted by molar-refractivity contribution is 6.30. The Morgan fingerprint density at radius 1 is 1.27 bits per heavy atom. The van der Waals surface area contributed by atoms with Crippen LogP contribution in [0, 0.1) is 10.6 Å². The monoisotopic (exact) mass is 318 g/mol. The summed E-state index contributed by atoms with van der Waals surface area (Å²) in [7, 11) is 0. The number of hydrogen-bond donors (Lipinski definition) is 1. The van der Waals surface area contributed by atoms with Crippen molar-refractivity contribution in [3.05, 3.63) is 45.9 Å². The van der Waals surface area contributed by atoms with Crippen molar-refractivity contribution < 1.29 is 9.94 Å². The van der Waals surface area contributed by atoms with Gasteiger partial charge in [-0.2, -0.15) is 0 Å². The molecule has 1 heterocycles. The lowest BCUT2D eigenvalue weighted by Gasteiger charge is -2.32. The van der Waals surface area contributed by atoms with E-state index in [-0.39, 0.29) is 22.6 Å². The first kappa shape index (κ1) is 13.9. The van der Waals surface area contributed by atoms with Gasteiger partial charge in [-0.05, 0) is 47.3 Å². The van der Waals surface area contributed by atoms with Crippen LogP contribution in [0.15, 0.2) is 24.3 Å². The molecular formula is C17H19ClN2O2. The van der Waals surface area contributed by atoms with Gasteiger partial charge >= 0.3 is 5.82 Å². The van der Waals surface area contributed by atoms with Crippen molar-refractivity contribution in [3.8, 4) is 11.4 Å². The molecule has 0 saturated heterocycles. The predicted molar refractivity (Wildman–Crippen MR) is 84.1 cm³/mol. The Morgan fingerprint density at radius 2 is 1.91 bits per heavy atom. The van der Waals surface area contributed by atoms with Gasteiger partial charge in [-0.25, -0.2) is 4.73 Å². The number of aromatic nitrogens is 2. The summed E-state index contributed by atoms with van der Waals surface area (Å²) in [5.74, 6) is 0.486. The van der Waals surface area contributed by atoms with Crippen LogP contribution in [0.1, 0.15) is 50.9 Å². The number of hydrogen-bond acceptors (Lipinski definition) is 2. The SMILES string of the molecule is CC1(C)[C@H]2CC[C@@]1(C)c1c2[n+]([O-])c(-c2ccc(Cl)cc2)n1O. The third-order valence-corrected chi connectivity index (χ3v) is 6.50. The van der Waals surface area contributed by atoms with Crippen LogP contribution in [0.25, 0.3) is 11.4 Å². The standard InChI is InChI=1S/C17H19ClN2O2/c1-16(2)12-8-9-17(16,3)14-13(12)19(21)15(20(14)22)10-4-6-11(18)7-5-10/h4-7,12,22H,8-9H2,1-3H3/t12-,17-/m0/s1. The molecule has 1 aromatic carbocycles. The quantitative estimate of drug-likeness (QED) is 0.493. The fourth-order valence-corrected chi connectivity index (χ4v) is 4.70. The first-order chi connectivity index (χ1) is 10.3. The van der Waals surface area contributed by atoms with Crippen molar-refractivity contribution in [2.24, 2.45) is 5.41 Å². The fourth-order valence-electron chi connectivity index (χ4n) is 4.57. The van der Waals surface area contributed by atoms with E-state index < -0.39 is 0 Å². The lowest BCUT2D eigenvalue weighted by atomic mass is 9.70. The van der Waals surface area contributed by atoms with Crippen LogP contribution in [0.3, 0.4) is 0 Å². The van der Waals surface area contributed by atoms with Crippen molar-refractivity contribution in [1.29, 1.82) is 0 Å². The lowest BCUT2D eigenvalue weighted by molar-refractivity contribution is -0.604. The molecule has 5 heteroatoms. The molecule has 1 saturated carbocycles. The molecule has 2 atom stereocenters. The van der Waals surface area contributed by atoms with Gasteiger partial charge in [0.1, 0.15) is 0 Å². The first-order valence-electron chi connectivity index (χ1n) is 7.63. The number of imidazole rings is 1. The maximum atomic E-state index is 12.9. The Kier molecular flexibility index (Phi) is 2.53. The van der Waals surface area contributed by atoms with Gasteiger partial charge in [0.05, 0.1) is 5.56 Å². The van der Waals surface area contributed by atoms with Crippen LogP contribution in [-0.4, -0.2) is 9.94 Å². The Hall–Kier alpha value is -1.68. The highest BCUT2D eigenvalue weighted by atomic mass is 35.5. The Labute approximate surface area is 134 Å². The van der Waals surface area contributed by atoms with Gasteiger partial charge in [0, 0.05) is 16.4 Å².